The Labute approximate surface area is 188 Å². The zero-order valence-electron chi connectivity index (χ0n) is 19.0. The van der Waals surface area contributed by atoms with Crippen molar-refractivity contribution in [1.82, 2.24) is 29.5 Å². The number of carbonyl (C=O) groups excluding carboxylic acids is 1. The molecule has 8 nitrogen and oxygen atoms in total. The molecule has 1 saturated heterocycles. The minimum absolute atomic E-state index is 0.0746. The molecule has 168 valence electrons. The molecule has 1 atom stereocenters. The summed E-state index contributed by atoms with van der Waals surface area (Å²) in [6.45, 7) is 9.86. The predicted octanol–water partition coefficient (Wildman–Crippen LogP) is 3.66. The second-order valence-corrected chi connectivity index (χ2v) is 8.70. The van der Waals surface area contributed by atoms with E-state index in [-0.39, 0.29) is 5.91 Å². The van der Waals surface area contributed by atoms with E-state index in [4.69, 9.17) is 4.42 Å². The maximum Gasteiger partial charge on any atom is 0.257 e. The smallest absolute Gasteiger partial charge is 0.257 e. The molecule has 0 spiro atoms. The van der Waals surface area contributed by atoms with E-state index >= 15 is 0 Å². The molecule has 0 radical (unpaired) electrons. The number of furan rings is 1. The minimum atomic E-state index is 0.0746. The van der Waals surface area contributed by atoms with Crippen LogP contribution in [0.25, 0.3) is 17.4 Å². The highest BCUT2D eigenvalue weighted by atomic mass is 16.3. The molecule has 1 saturated carbocycles. The highest BCUT2D eigenvalue weighted by Crippen LogP contribution is 2.42. The van der Waals surface area contributed by atoms with Crippen LogP contribution in [0.5, 0.6) is 0 Å². The second-order valence-electron chi connectivity index (χ2n) is 8.70. The van der Waals surface area contributed by atoms with E-state index in [0.717, 1.165) is 56.9 Å². The van der Waals surface area contributed by atoms with Crippen molar-refractivity contribution in [1.29, 1.82) is 0 Å². The van der Waals surface area contributed by atoms with Crippen molar-refractivity contribution in [3.63, 3.8) is 0 Å². The van der Waals surface area contributed by atoms with Crippen LogP contribution in [0.4, 0.5) is 0 Å². The monoisotopic (exact) mass is 434 g/mol. The topological polar surface area (TPSA) is 80.3 Å². The summed E-state index contributed by atoms with van der Waals surface area (Å²) in [6.07, 6.45) is 6.56. The van der Waals surface area contributed by atoms with E-state index in [1.165, 1.54) is 0 Å². The molecule has 0 unspecified atom stereocenters. The van der Waals surface area contributed by atoms with Gasteiger partial charge in [0.1, 0.15) is 11.5 Å². The Morgan fingerprint density at radius 1 is 1.19 bits per heavy atom. The number of aryl methyl sites for hydroxylation is 1. The van der Waals surface area contributed by atoms with Gasteiger partial charge >= 0.3 is 0 Å². The highest BCUT2D eigenvalue weighted by molar-refractivity contribution is 5.95. The van der Waals surface area contributed by atoms with Crippen LogP contribution in [0.15, 0.2) is 35.0 Å². The average molecular weight is 435 g/mol. The van der Waals surface area contributed by atoms with Gasteiger partial charge in [0.25, 0.3) is 11.9 Å². The lowest BCUT2D eigenvalue weighted by molar-refractivity contribution is 0.0776. The summed E-state index contributed by atoms with van der Waals surface area (Å²) in [6, 6.07) is 6.08. The van der Waals surface area contributed by atoms with Gasteiger partial charge in [0.15, 0.2) is 5.76 Å². The summed E-state index contributed by atoms with van der Waals surface area (Å²) in [5, 5.41) is 4.57. The van der Waals surface area contributed by atoms with E-state index in [0.29, 0.717) is 34.9 Å². The quantitative estimate of drug-likeness (QED) is 0.565. The van der Waals surface area contributed by atoms with Gasteiger partial charge in [0.2, 0.25) is 0 Å². The lowest BCUT2D eigenvalue weighted by atomic mass is 10.1. The van der Waals surface area contributed by atoms with Crippen LogP contribution in [-0.2, 0) is 0 Å². The Balaban J connectivity index is 1.44. The molecule has 0 N–H and O–H groups in total. The van der Waals surface area contributed by atoms with E-state index in [9.17, 15) is 4.79 Å². The number of likely N-dealkylation sites (tertiary alicyclic amines) is 1. The standard InChI is InChI=1S/C24H30N6O2/c1-4-28(5-2)18-11-13-29(15-18)23(31)19-14-26-30(22(19)17-7-8-17)24-25-12-10-20(27-24)21-9-6-16(3)32-21/h6,9-10,12,14,17-18H,4-5,7-8,11,13,15H2,1-3H3/t18-/m1/s1. The van der Waals surface area contributed by atoms with Gasteiger partial charge in [-0.1, -0.05) is 13.8 Å². The van der Waals surface area contributed by atoms with E-state index in [2.05, 4.69) is 33.8 Å². The first-order valence-corrected chi connectivity index (χ1v) is 11.6. The average Bonchev–Trinajstić information content (AvgIpc) is 3.18. The van der Waals surface area contributed by atoms with Crippen LogP contribution in [0.2, 0.25) is 0 Å². The molecule has 3 aromatic rings. The number of carbonyl (C=O) groups is 1. The zero-order chi connectivity index (χ0) is 22.2. The van der Waals surface area contributed by atoms with E-state index < -0.39 is 0 Å². The number of aromatic nitrogens is 4. The molecule has 2 aliphatic rings. The molecular weight excluding hydrogens is 404 g/mol. The maximum absolute atomic E-state index is 13.5. The number of rotatable bonds is 7. The van der Waals surface area contributed by atoms with Crippen LogP contribution >= 0.6 is 0 Å². The Morgan fingerprint density at radius 2 is 2.00 bits per heavy atom. The fraction of sp³-hybridized carbons (Fsp3) is 0.500. The van der Waals surface area contributed by atoms with Gasteiger partial charge in [-0.25, -0.2) is 14.6 Å². The van der Waals surface area contributed by atoms with Gasteiger partial charge in [0, 0.05) is 31.2 Å². The van der Waals surface area contributed by atoms with Crippen molar-refractivity contribution in [2.45, 2.75) is 52.0 Å². The van der Waals surface area contributed by atoms with Gasteiger partial charge in [-0.3, -0.25) is 9.69 Å². The molecule has 5 rings (SSSR count). The largest absolute Gasteiger partial charge is 0.460 e. The number of hydrogen-bond donors (Lipinski definition) is 0. The summed E-state index contributed by atoms with van der Waals surface area (Å²) in [5.41, 5.74) is 2.33. The second kappa shape index (κ2) is 8.50. The van der Waals surface area contributed by atoms with Crippen molar-refractivity contribution in [3.8, 4) is 17.4 Å². The van der Waals surface area contributed by atoms with Crippen LogP contribution in [0.3, 0.4) is 0 Å². The molecule has 4 heterocycles. The number of likely N-dealkylation sites (N-methyl/N-ethyl adjacent to an activating group) is 1. The Hall–Kier alpha value is -3.00. The molecule has 2 fully saturated rings. The van der Waals surface area contributed by atoms with E-state index in [1.807, 2.05) is 30.0 Å². The Morgan fingerprint density at radius 3 is 2.69 bits per heavy atom. The maximum atomic E-state index is 13.5. The lowest BCUT2D eigenvalue weighted by Gasteiger charge is -2.26. The fourth-order valence-corrected chi connectivity index (χ4v) is 4.73. The third-order valence-electron chi connectivity index (χ3n) is 6.61. The number of hydrogen-bond acceptors (Lipinski definition) is 6. The van der Waals surface area contributed by atoms with Gasteiger partial charge in [0.05, 0.1) is 17.5 Å². The first-order valence-electron chi connectivity index (χ1n) is 11.6. The normalized spacial score (nSPS) is 18.6. The summed E-state index contributed by atoms with van der Waals surface area (Å²) in [5.74, 6) is 2.41. The molecule has 32 heavy (non-hydrogen) atoms. The van der Waals surface area contributed by atoms with Crippen molar-refractivity contribution in [3.05, 3.63) is 47.6 Å². The van der Waals surface area contributed by atoms with Crippen LogP contribution in [0.1, 0.15) is 60.8 Å². The molecule has 8 heteroatoms. The molecule has 1 aliphatic heterocycles. The minimum Gasteiger partial charge on any atom is -0.460 e. The van der Waals surface area contributed by atoms with Crippen LogP contribution in [0, 0.1) is 6.92 Å². The third-order valence-corrected chi connectivity index (χ3v) is 6.61. The SMILES string of the molecule is CCN(CC)[C@@H]1CCN(C(=O)c2cnn(-c3nccc(-c4ccc(C)o4)n3)c2C2CC2)C1. The van der Waals surface area contributed by atoms with Crippen molar-refractivity contribution >= 4 is 5.91 Å². The first kappa shape index (κ1) is 20.9. The molecule has 0 aromatic carbocycles. The Kier molecular flexibility index (Phi) is 5.55. The Bertz CT molecular complexity index is 1110. The number of amides is 1. The summed E-state index contributed by atoms with van der Waals surface area (Å²) in [7, 11) is 0. The van der Waals surface area contributed by atoms with Crippen LogP contribution < -0.4 is 0 Å². The predicted molar refractivity (Wildman–Crippen MR) is 121 cm³/mol. The van der Waals surface area contributed by atoms with Crippen LogP contribution in [-0.4, -0.2) is 67.7 Å². The third kappa shape index (κ3) is 3.83. The lowest BCUT2D eigenvalue weighted by Crippen LogP contribution is -2.38. The van der Waals surface area contributed by atoms with E-state index in [1.54, 1.807) is 17.1 Å². The van der Waals surface area contributed by atoms with Gasteiger partial charge in [-0.15, -0.1) is 0 Å². The highest BCUT2D eigenvalue weighted by Gasteiger charge is 2.37. The molecular formula is C24H30N6O2. The fourth-order valence-electron chi connectivity index (χ4n) is 4.73. The van der Waals surface area contributed by atoms with Crippen molar-refractivity contribution in [2.75, 3.05) is 26.2 Å². The van der Waals surface area contributed by atoms with Gasteiger partial charge < -0.3 is 9.32 Å². The zero-order valence-corrected chi connectivity index (χ0v) is 19.0. The van der Waals surface area contributed by atoms with Gasteiger partial charge in [-0.2, -0.15) is 5.10 Å². The summed E-state index contributed by atoms with van der Waals surface area (Å²) < 4.78 is 7.48. The van der Waals surface area contributed by atoms with Crippen molar-refractivity contribution < 1.29 is 9.21 Å². The summed E-state index contributed by atoms with van der Waals surface area (Å²) >= 11 is 0. The van der Waals surface area contributed by atoms with Gasteiger partial charge in [-0.05, 0) is 57.5 Å². The molecule has 1 amide bonds. The van der Waals surface area contributed by atoms with Crippen molar-refractivity contribution in [2.24, 2.45) is 0 Å². The first-order chi connectivity index (χ1) is 15.6. The molecule has 1 aliphatic carbocycles. The summed E-state index contributed by atoms with van der Waals surface area (Å²) in [4.78, 5) is 27.0. The molecule has 0 bridgehead atoms. The molecule has 3 aromatic heterocycles. The number of nitrogens with zero attached hydrogens (tertiary/aromatic N) is 6.